The number of fused-ring (bicyclic) bond motifs is 1. The Morgan fingerprint density at radius 3 is 2.93 bits per heavy atom. The van der Waals surface area contributed by atoms with Crippen molar-refractivity contribution in [3.63, 3.8) is 0 Å². The lowest BCUT2D eigenvalue weighted by molar-refractivity contribution is -0.0120. The van der Waals surface area contributed by atoms with Gasteiger partial charge in [-0.3, -0.25) is 10.00 Å². The third-order valence-electron chi connectivity index (χ3n) is 5.56. The van der Waals surface area contributed by atoms with Gasteiger partial charge in [0.15, 0.2) is 11.5 Å². The fourth-order valence-electron chi connectivity index (χ4n) is 4.05. The highest BCUT2D eigenvalue weighted by Crippen LogP contribution is 2.36. The van der Waals surface area contributed by atoms with Crippen LogP contribution < -0.4 is 9.47 Å². The Morgan fingerprint density at radius 1 is 1.10 bits per heavy atom. The molecule has 2 aliphatic heterocycles. The molecule has 0 amide bonds. The van der Waals surface area contributed by atoms with E-state index in [2.05, 4.69) is 39.4 Å². The van der Waals surface area contributed by atoms with Gasteiger partial charge in [-0.15, -0.1) is 0 Å². The van der Waals surface area contributed by atoms with Crippen LogP contribution in [0.2, 0.25) is 0 Å². The molecule has 2 aliphatic rings. The highest BCUT2D eigenvalue weighted by atomic mass is 16.7. The molecule has 1 fully saturated rings. The minimum atomic E-state index is 0.268. The number of aromatic amines is 1. The first kappa shape index (κ1) is 18.2. The second kappa shape index (κ2) is 8.27. The maximum Gasteiger partial charge on any atom is 0.231 e. The van der Waals surface area contributed by atoms with E-state index in [0.717, 1.165) is 55.2 Å². The van der Waals surface area contributed by atoms with Crippen molar-refractivity contribution in [2.75, 3.05) is 19.9 Å². The fourth-order valence-corrected chi connectivity index (χ4v) is 4.05. The smallest absolute Gasteiger partial charge is 0.231 e. The van der Waals surface area contributed by atoms with Crippen molar-refractivity contribution in [3.8, 4) is 22.8 Å². The maximum absolute atomic E-state index is 6.19. The third-order valence-corrected chi connectivity index (χ3v) is 5.56. The van der Waals surface area contributed by atoms with E-state index in [1.165, 1.54) is 11.1 Å². The van der Waals surface area contributed by atoms with Crippen LogP contribution in [0.15, 0.2) is 54.7 Å². The van der Waals surface area contributed by atoms with Crippen LogP contribution in [0.4, 0.5) is 0 Å². The number of rotatable bonds is 6. The number of hydrogen-bond donors (Lipinski definition) is 1. The van der Waals surface area contributed by atoms with E-state index in [9.17, 15) is 0 Å². The zero-order chi connectivity index (χ0) is 19.5. The lowest BCUT2D eigenvalue weighted by Crippen LogP contribution is -2.39. The Kier molecular flexibility index (Phi) is 5.19. The average molecular weight is 391 g/mol. The van der Waals surface area contributed by atoms with E-state index in [4.69, 9.17) is 14.2 Å². The van der Waals surface area contributed by atoms with Gasteiger partial charge in [0.2, 0.25) is 6.79 Å². The van der Waals surface area contributed by atoms with Crippen molar-refractivity contribution >= 4 is 0 Å². The summed E-state index contributed by atoms with van der Waals surface area (Å²) in [5, 5.41) is 7.45. The molecule has 0 bridgehead atoms. The quantitative estimate of drug-likeness (QED) is 0.689. The van der Waals surface area contributed by atoms with Gasteiger partial charge in [-0.1, -0.05) is 30.3 Å². The number of H-pyrrole nitrogens is 1. The van der Waals surface area contributed by atoms with Gasteiger partial charge >= 0.3 is 0 Å². The van der Waals surface area contributed by atoms with Crippen molar-refractivity contribution in [2.45, 2.75) is 32.1 Å². The van der Waals surface area contributed by atoms with Crippen LogP contribution in [0, 0.1) is 0 Å². The Morgan fingerprint density at radius 2 is 2.00 bits per heavy atom. The fraction of sp³-hybridized carbons (Fsp3) is 0.348. The number of aromatic nitrogens is 2. The summed E-state index contributed by atoms with van der Waals surface area (Å²) in [6.07, 6.45) is 4.46. The lowest BCUT2D eigenvalue weighted by atomic mass is 10.0. The van der Waals surface area contributed by atoms with Crippen molar-refractivity contribution < 1.29 is 14.2 Å². The van der Waals surface area contributed by atoms with E-state index < -0.39 is 0 Å². The number of hydrogen-bond acceptors (Lipinski definition) is 5. The molecular weight excluding hydrogens is 366 g/mol. The molecule has 1 N–H and O–H groups in total. The summed E-state index contributed by atoms with van der Waals surface area (Å²) in [7, 11) is 0. The molecule has 1 saturated heterocycles. The predicted octanol–water partition coefficient (Wildman–Crippen LogP) is 3.99. The predicted molar refractivity (Wildman–Crippen MR) is 110 cm³/mol. The molecule has 1 unspecified atom stereocenters. The largest absolute Gasteiger partial charge is 0.454 e. The molecule has 3 heterocycles. The molecule has 0 radical (unpaired) electrons. The van der Waals surface area contributed by atoms with Crippen LogP contribution in [-0.4, -0.2) is 41.1 Å². The monoisotopic (exact) mass is 391 g/mol. The normalized spacial score (nSPS) is 18.8. The van der Waals surface area contributed by atoms with Crippen LogP contribution >= 0.6 is 0 Å². The topological polar surface area (TPSA) is 59.6 Å². The molecule has 6 heteroatoms. The van der Waals surface area contributed by atoms with Gasteiger partial charge < -0.3 is 14.2 Å². The molecular formula is C23H25N3O3. The highest BCUT2D eigenvalue weighted by molar-refractivity contribution is 5.66. The van der Waals surface area contributed by atoms with Gasteiger partial charge in [0.1, 0.15) is 0 Å². The molecule has 3 aromatic rings. The van der Waals surface area contributed by atoms with Crippen LogP contribution in [0.3, 0.4) is 0 Å². The first-order chi connectivity index (χ1) is 14.3. The Balaban J connectivity index is 1.23. The Labute approximate surface area is 170 Å². The highest BCUT2D eigenvalue weighted by Gasteiger charge is 2.23. The summed E-state index contributed by atoms with van der Waals surface area (Å²) in [6.45, 7) is 3.83. The molecule has 0 spiro atoms. The molecule has 150 valence electrons. The van der Waals surface area contributed by atoms with E-state index in [1.54, 1.807) is 0 Å². The molecule has 1 aromatic heterocycles. The lowest BCUT2D eigenvalue weighted by Gasteiger charge is -2.32. The van der Waals surface area contributed by atoms with Gasteiger partial charge in [0.05, 0.1) is 24.6 Å². The van der Waals surface area contributed by atoms with Gasteiger partial charge in [-0.25, -0.2) is 0 Å². The molecule has 1 atom stereocenters. The summed E-state index contributed by atoms with van der Waals surface area (Å²) < 4.78 is 17.1. The first-order valence-electron chi connectivity index (χ1n) is 10.2. The van der Waals surface area contributed by atoms with Crippen LogP contribution in [-0.2, 0) is 17.9 Å². The number of ether oxygens (including phenoxy) is 3. The van der Waals surface area contributed by atoms with Gasteiger partial charge in [-0.2, -0.15) is 5.10 Å². The Hall–Kier alpha value is -2.83. The summed E-state index contributed by atoms with van der Waals surface area (Å²) in [5.41, 5.74) is 4.52. The van der Waals surface area contributed by atoms with Gasteiger partial charge in [0, 0.05) is 24.2 Å². The van der Waals surface area contributed by atoms with E-state index >= 15 is 0 Å². The first-order valence-corrected chi connectivity index (χ1v) is 10.2. The van der Waals surface area contributed by atoms with Crippen molar-refractivity contribution in [1.29, 1.82) is 0 Å². The third kappa shape index (κ3) is 4.13. The number of benzene rings is 2. The maximum atomic E-state index is 6.19. The summed E-state index contributed by atoms with van der Waals surface area (Å²) >= 11 is 0. The second-order valence-electron chi connectivity index (χ2n) is 7.63. The molecule has 0 saturated carbocycles. The van der Waals surface area contributed by atoms with Crippen LogP contribution in [0.5, 0.6) is 11.5 Å². The number of likely N-dealkylation sites (tertiary alicyclic amines) is 1. The summed E-state index contributed by atoms with van der Waals surface area (Å²) in [4.78, 5) is 2.46. The molecule has 6 nitrogen and oxygen atoms in total. The van der Waals surface area contributed by atoms with E-state index in [0.29, 0.717) is 6.61 Å². The van der Waals surface area contributed by atoms with Crippen LogP contribution in [0.1, 0.15) is 24.0 Å². The number of piperidine rings is 1. The van der Waals surface area contributed by atoms with E-state index in [-0.39, 0.29) is 12.9 Å². The zero-order valence-corrected chi connectivity index (χ0v) is 16.3. The van der Waals surface area contributed by atoms with Crippen molar-refractivity contribution in [2.24, 2.45) is 0 Å². The van der Waals surface area contributed by atoms with Crippen molar-refractivity contribution in [1.82, 2.24) is 15.1 Å². The van der Waals surface area contributed by atoms with Crippen molar-refractivity contribution in [3.05, 3.63) is 65.9 Å². The van der Waals surface area contributed by atoms with Gasteiger partial charge in [-0.05, 0) is 43.1 Å². The average Bonchev–Trinajstić information content (AvgIpc) is 3.42. The molecule has 2 aromatic carbocycles. The van der Waals surface area contributed by atoms with Crippen LogP contribution in [0.25, 0.3) is 11.3 Å². The second-order valence-corrected chi connectivity index (χ2v) is 7.63. The number of nitrogens with zero attached hydrogens (tertiary/aromatic N) is 2. The molecule has 29 heavy (non-hydrogen) atoms. The molecule has 0 aliphatic carbocycles. The summed E-state index contributed by atoms with van der Waals surface area (Å²) in [6, 6.07) is 16.4. The van der Waals surface area contributed by atoms with Gasteiger partial charge in [0.25, 0.3) is 0 Å². The van der Waals surface area contributed by atoms with E-state index in [1.807, 2.05) is 30.5 Å². The number of nitrogens with one attached hydrogen (secondary N) is 1. The SMILES string of the molecule is c1ccc(COC2CCCN(Cc3cn[nH]c3-c3ccc4c(c3)OCO4)C2)cc1. The standard InChI is InChI=1S/C23H25N3O3/c1-2-5-17(6-3-1)15-27-20-7-4-10-26(14-20)13-19-12-24-25-23(19)18-8-9-21-22(11-18)29-16-28-21/h1-3,5-6,8-9,11-12,20H,4,7,10,13-16H2,(H,24,25). The minimum absolute atomic E-state index is 0.268. The zero-order valence-electron chi connectivity index (χ0n) is 16.3. The minimum Gasteiger partial charge on any atom is -0.454 e. The Bertz CT molecular complexity index is 957. The summed E-state index contributed by atoms with van der Waals surface area (Å²) in [5.74, 6) is 1.58. The molecule has 5 rings (SSSR count).